The Morgan fingerprint density at radius 3 is 2.74 bits per heavy atom. The Morgan fingerprint density at radius 1 is 1.18 bits per heavy atom. The van der Waals surface area contributed by atoms with E-state index in [1.165, 1.54) is 6.92 Å². The van der Waals surface area contributed by atoms with E-state index < -0.39 is 54.8 Å². The van der Waals surface area contributed by atoms with Crippen molar-refractivity contribution in [2.45, 2.75) is 102 Å². The van der Waals surface area contributed by atoms with Crippen LogP contribution in [0.1, 0.15) is 40.5 Å². The topological polar surface area (TPSA) is 140 Å². The van der Waals surface area contributed by atoms with Gasteiger partial charge in [0.2, 0.25) is 0 Å². The smallest absolute Gasteiger partial charge is 0.303 e. The first kappa shape index (κ1) is 24.2. The summed E-state index contributed by atoms with van der Waals surface area (Å²) < 4.78 is 48.3. The summed E-state index contributed by atoms with van der Waals surface area (Å²) in [6, 6.07) is -0.485. The van der Waals surface area contributed by atoms with E-state index in [2.05, 4.69) is 16.9 Å². The van der Waals surface area contributed by atoms with Crippen LogP contribution in [-0.4, -0.2) is 86.8 Å². The van der Waals surface area contributed by atoms with Gasteiger partial charge in [-0.15, -0.1) is 0 Å². The minimum atomic E-state index is -0.914. The van der Waals surface area contributed by atoms with Crippen LogP contribution < -0.4 is 0 Å². The molecular weight excluding hydrogens is 450 g/mol. The summed E-state index contributed by atoms with van der Waals surface area (Å²) in [6.45, 7) is 8.28. The van der Waals surface area contributed by atoms with Crippen LogP contribution in [0.3, 0.4) is 0 Å². The van der Waals surface area contributed by atoms with Crippen LogP contribution in [0.25, 0.3) is 10.4 Å². The molecule has 0 radical (unpaired) electrons. The molecule has 0 aromatic rings. The summed E-state index contributed by atoms with van der Waals surface area (Å²) >= 11 is 0. The average Bonchev–Trinajstić information content (AvgIpc) is 2.89. The number of hydrogen-bond donors (Lipinski definition) is 0. The summed E-state index contributed by atoms with van der Waals surface area (Å²) in [4.78, 5) is 15.1. The van der Waals surface area contributed by atoms with Gasteiger partial charge in [-0.05, 0) is 25.8 Å². The molecule has 4 saturated heterocycles. The second-order valence-corrected chi connectivity index (χ2v) is 9.94. The number of esters is 1. The normalized spacial score (nSPS) is 46.1. The fraction of sp³-hybridized carbons (Fsp3) is 0.955. The van der Waals surface area contributed by atoms with Crippen LogP contribution >= 0.6 is 0 Å². The van der Waals surface area contributed by atoms with Gasteiger partial charge >= 0.3 is 5.97 Å². The van der Waals surface area contributed by atoms with Crippen LogP contribution in [0.15, 0.2) is 5.11 Å². The van der Waals surface area contributed by atoms with Crippen LogP contribution in [0.5, 0.6) is 0 Å². The van der Waals surface area contributed by atoms with Gasteiger partial charge in [0.1, 0.15) is 18.3 Å². The number of azide groups is 1. The highest BCUT2D eigenvalue weighted by Crippen LogP contribution is 2.53. The Kier molecular flexibility index (Phi) is 6.77. The van der Waals surface area contributed by atoms with Gasteiger partial charge in [0.15, 0.2) is 24.5 Å². The summed E-state index contributed by atoms with van der Waals surface area (Å²) in [5.41, 5.74) is 9.02. The first-order valence-corrected chi connectivity index (χ1v) is 12.1. The van der Waals surface area contributed by atoms with Crippen LogP contribution in [0.2, 0.25) is 0 Å². The second kappa shape index (κ2) is 9.51. The number of fused-ring (bicyclic) bond motifs is 2. The molecule has 0 aromatic carbocycles. The van der Waals surface area contributed by atoms with Crippen LogP contribution in [0, 0.1) is 11.8 Å². The van der Waals surface area contributed by atoms with Crippen LogP contribution in [-0.2, 0) is 42.7 Å². The molecule has 1 aliphatic carbocycles. The molecule has 190 valence electrons. The Bertz CT molecular complexity index is 821. The minimum Gasteiger partial charge on any atom is -0.454 e. The molecule has 4 aliphatic heterocycles. The van der Waals surface area contributed by atoms with Crippen molar-refractivity contribution in [3.05, 3.63) is 10.4 Å². The van der Waals surface area contributed by atoms with Crippen LogP contribution in [0.4, 0.5) is 0 Å². The molecule has 4 heterocycles. The van der Waals surface area contributed by atoms with E-state index in [9.17, 15) is 4.79 Å². The van der Waals surface area contributed by atoms with E-state index in [0.29, 0.717) is 13.2 Å². The van der Waals surface area contributed by atoms with E-state index >= 15 is 0 Å². The predicted molar refractivity (Wildman–Crippen MR) is 113 cm³/mol. The lowest BCUT2D eigenvalue weighted by Crippen LogP contribution is -2.68. The molecule has 12 heteroatoms. The molecule has 7 unspecified atom stereocenters. The number of ether oxygens (including phenoxy) is 8. The molecule has 5 aliphatic rings. The van der Waals surface area contributed by atoms with Crippen molar-refractivity contribution in [2.75, 3.05) is 19.8 Å². The summed E-state index contributed by atoms with van der Waals surface area (Å²) in [7, 11) is 0. The third-order valence-corrected chi connectivity index (χ3v) is 7.21. The zero-order valence-electron chi connectivity index (χ0n) is 19.9. The number of carbonyl (C=O) groups excluding carboxylic acids is 1. The summed E-state index contributed by atoms with van der Waals surface area (Å²) in [6.07, 6.45) is -2.51. The highest BCUT2D eigenvalue weighted by Gasteiger charge is 2.67. The lowest BCUT2D eigenvalue weighted by Gasteiger charge is -2.53. The zero-order chi connectivity index (χ0) is 24.0. The van der Waals surface area contributed by atoms with Crippen molar-refractivity contribution in [1.29, 1.82) is 0 Å². The van der Waals surface area contributed by atoms with Crippen molar-refractivity contribution >= 4 is 5.97 Å². The number of rotatable bonds is 8. The third-order valence-electron chi connectivity index (χ3n) is 7.21. The molecule has 11 atom stereocenters. The lowest BCUT2D eigenvalue weighted by atomic mass is 9.68. The molecule has 34 heavy (non-hydrogen) atoms. The fourth-order valence-electron chi connectivity index (χ4n) is 5.65. The van der Waals surface area contributed by atoms with E-state index in [0.717, 1.165) is 12.8 Å². The van der Waals surface area contributed by atoms with Gasteiger partial charge in [-0.3, -0.25) is 4.79 Å². The summed E-state index contributed by atoms with van der Waals surface area (Å²) in [5.74, 6) is -1.49. The second-order valence-electron chi connectivity index (χ2n) is 9.94. The Hall–Kier alpha value is -1.50. The average molecular weight is 484 g/mol. The van der Waals surface area contributed by atoms with Crippen molar-refractivity contribution in [3.8, 4) is 0 Å². The molecule has 0 aromatic heterocycles. The molecule has 1 saturated carbocycles. The van der Waals surface area contributed by atoms with Gasteiger partial charge in [0.25, 0.3) is 0 Å². The maximum atomic E-state index is 12.1. The highest BCUT2D eigenvalue weighted by atomic mass is 16.8. The van der Waals surface area contributed by atoms with Gasteiger partial charge in [-0.25, -0.2) is 0 Å². The third kappa shape index (κ3) is 4.31. The zero-order valence-corrected chi connectivity index (χ0v) is 19.9. The molecule has 5 fully saturated rings. The van der Waals surface area contributed by atoms with Gasteiger partial charge in [0.05, 0.1) is 31.5 Å². The van der Waals surface area contributed by atoms with Crippen molar-refractivity contribution in [2.24, 2.45) is 17.0 Å². The number of carbonyl (C=O) groups is 1. The summed E-state index contributed by atoms with van der Waals surface area (Å²) in [5, 5.41) is 3.90. The Morgan fingerprint density at radius 2 is 2.00 bits per heavy atom. The molecule has 2 bridgehead atoms. The lowest BCUT2D eigenvalue weighted by molar-refractivity contribution is -0.399. The standard InChI is InChI=1S/C22H33N3O9/c1-5-6-7-27-18-17-12(9-29-22(3,4)34-17)31-21(19(18)30-10(2)26)33-16-11-8-28-20-14(24-25-23)13(16)15(11)32-20/h11-21H,5-9H2,1-4H3/t11?,12?,13?,14?,15?,16-,17-,18?,19?,20-,21+/m1/s1. The van der Waals surface area contributed by atoms with Crippen molar-refractivity contribution < 1.29 is 42.7 Å². The fourth-order valence-corrected chi connectivity index (χ4v) is 5.65. The maximum Gasteiger partial charge on any atom is 0.303 e. The molecular formula is C22H33N3O9. The highest BCUT2D eigenvalue weighted by molar-refractivity contribution is 5.66. The Labute approximate surface area is 198 Å². The number of nitrogens with zero attached hydrogens (tertiary/aromatic N) is 3. The minimum absolute atomic E-state index is 0.0308. The van der Waals surface area contributed by atoms with Gasteiger partial charge in [0, 0.05) is 30.3 Å². The molecule has 0 spiro atoms. The molecule has 5 rings (SSSR count). The van der Waals surface area contributed by atoms with Gasteiger partial charge < -0.3 is 37.9 Å². The monoisotopic (exact) mass is 483 g/mol. The first-order valence-electron chi connectivity index (χ1n) is 12.1. The van der Waals surface area contributed by atoms with E-state index in [4.69, 9.17) is 43.4 Å². The largest absolute Gasteiger partial charge is 0.454 e. The first-order chi connectivity index (χ1) is 16.3. The number of unbranched alkanes of at least 4 members (excludes halogenated alkanes) is 1. The molecule has 12 nitrogen and oxygen atoms in total. The van der Waals surface area contributed by atoms with E-state index in [1.54, 1.807) is 0 Å². The maximum absolute atomic E-state index is 12.1. The van der Waals surface area contributed by atoms with Crippen molar-refractivity contribution in [1.82, 2.24) is 0 Å². The number of hydrogen-bond acceptors (Lipinski definition) is 10. The van der Waals surface area contributed by atoms with Gasteiger partial charge in [-0.1, -0.05) is 18.5 Å². The van der Waals surface area contributed by atoms with Crippen molar-refractivity contribution in [3.63, 3.8) is 0 Å². The SMILES string of the molecule is CCCCOC1C(OC(C)=O)[C@H](O[C@@H]2C3CO[C@@H]4OC3C2C4N=[N+]=[N-])OC2COC(C)(C)O[C@H]21. The van der Waals surface area contributed by atoms with E-state index in [1.807, 2.05) is 13.8 Å². The Balaban J connectivity index is 1.39. The van der Waals surface area contributed by atoms with Gasteiger partial charge in [-0.2, -0.15) is 0 Å². The van der Waals surface area contributed by atoms with E-state index in [-0.39, 0.29) is 30.7 Å². The predicted octanol–water partition coefficient (Wildman–Crippen LogP) is 2.04. The quantitative estimate of drug-likeness (QED) is 0.167. The molecule has 0 amide bonds. The molecule has 0 N–H and O–H groups in total.